The Balaban J connectivity index is 2.78. The van der Waals surface area contributed by atoms with Gasteiger partial charge in [0, 0.05) is 12.6 Å². The highest BCUT2D eigenvalue weighted by Gasteiger charge is 2.07. The fraction of sp³-hybridized carbons (Fsp3) is 0.333. The second-order valence-corrected chi connectivity index (χ2v) is 2.79. The molecule has 0 heterocycles. The topological polar surface area (TPSA) is 61.3 Å². The zero-order valence-corrected chi connectivity index (χ0v) is 7.49. The van der Waals surface area contributed by atoms with Gasteiger partial charge >= 0.3 is 6.61 Å². The van der Waals surface area contributed by atoms with Gasteiger partial charge in [0.1, 0.15) is 5.75 Å². The summed E-state index contributed by atoms with van der Waals surface area (Å²) >= 11 is 0. The molecule has 5 heteroatoms. The molecule has 0 aliphatic carbocycles. The summed E-state index contributed by atoms with van der Waals surface area (Å²) in [5.41, 5.74) is 11.7. The molecule has 0 bridgehead atoms. The van der Waals surface area contributed by atoms with Gasteiger partial charge < -0.3 is 16.2 Å². The molecule has 0 saturated heterocycles. The van der Waals surface area contributed by atoms with Crippen LogP contribution in [0.1, 0.15) is 11.6 Å². The lowest BCUT2D eigenvalue weighted by Crippen LogP contribution is -2.20. The van der Waals surface area contributed by atoms with Gasteiger partial charge in [-0.05, 0) is 17.7 Å². The second kappa shape index (κ2) is 4.88. The molecule has 0 fully saturated rings. The highest BCUT2D eigenvalue weighted by molar-refractivity contribution is 5.30. The zero-order valence-electron chi connectivity index (χ0n) is 7.49. The van der Waals surface area contributed by atoms with E-state index in [2.05, 4.69) is 4.74 Å². The van der Waals surface area contributed by atoms with Crippen molar-refractivity contribution in [2.75, 3.05) is 6.54 Å². The highest BCUT2D eigenvalue weighted by atomic mass is 19.3. The molecule has 3 nitrogen and oxygen atoms in total. The van der Waals surface area contributed by atoms with Crippen LogP contribution < -0.4 is 16.2 Å². The maximum absolute atomic E-state index is 11.9. The maximum atomic E-state index is 11.9. The number of alkyl halides is 2. The molecule has 1 aromatic carbocycles. The Morgan fingerprint density at radius 1 is 1.36 bits per heavy atom. The Hall–Kier alpha value is -1.20. The molecule has 0 aliphatic rings. The minimum atomic E-state index is -2.82. The molecule has 1 aromatic rings. The van der Waals surface area contributed by atoms with Gasteiger partial charge in [-0.1, -0.05) is 12.1 Å². The summed E-state index contributed by atoms with van der Waals surface area (Å²) in [5, 5.41) is 0. The third-order valence-corrected chi connectivity index (χ3v) is 1.77. The van der Waals surface area contributed by atoms with E-state index in [4.69, 9.17) is 11.5 Å². The first-order valence-corrected chi connectivity index (χ1v) is 4.14. The predicted octanol–water partition coefficient (Wildman–Crippen LogP) is 1.25. The first kappa shape index (κ1) is 10.9. The van der Waals surface area contributed by atoms with Crippen LogP contribution in [0.2, 0.25) is 0 Å². The van der Waals surface area contributed by atoms with E-state index in [0.29, 0.717) is 5.56 Å². The maximum Gasteiger partial charge on any atom is 0.387 e. The summed E-state index contributed by atoms with van der Waals surface area (Å²) in [5.74, 6) is 0.0985. The molecule has 0 saturated carbocycles. The number of halogens is 2. The Labute approximate surface area is 80.7 Å². The Bertz CT molecular complexity index is 294. The first-order valence-electron chi connectivity index (χ1n) is 4.14. The molecule has 1 rings (SSSR count). The van der Waals surface area contributed by atoms with E-state index in [1.807, 2.05) is 0 Å². The van der Waals surface area contributed by atoms with Crippen molar-refractivity contribution in [3.63, 3.8) is 0 Å². The Kier molecular flexibility index (Phi) is 3.79. The number of rotatable bonds is 4. The fourth-order valence-electron chi connectivity index (χ4n) is 1.06. The molecule has 0 amide bonds. The quantitative estimate of drug-likeness (QED) is 0.772. The van der Waals surface area contributed by atoms with Crippen molar-refractivity contribution < 1.29 is 13.5 Å². The zero-order chi connectivity index (χ0) is 10.6. The average Bonchev–Trinajstić information content (AvgIpc) is 2.16. The summed E-state index contributed by atoms with van der Waals surface area (Å²) in [6, 6.07) is 5.87. The Morgan fingerprint density at radius 3 is 2.64 bits per heavy atom. The van der Waals surface area contributed by atoms with Gasteiger partial charge in [-0.2, -0.15) is 8.78 Å². The number of nitrogens with two attached hydrogens (primary N) is 2. The SMILES string of the molecule is NC[C@H](N)c1cccc(OC(F)F)c1. The van der Waals surface area contributed by atoms with E-state index in [1.54, 1.807) is 12.1 Å². The van der Waals surface area contributed by atoms with Gasteiger partial charge in [0.05, 0.1) is 0 Å². The van der Waals surface area contributed by atoms with Crippen LogP contribution >= 0.6 is 0 Å². The van der Waals surface area contributed by atoms with E-state index in [-0.39, 0.29) is 18.3 Å². The normalized spacial score (nSPS) is 12.9. The number of ether oxygens (including phenoxy) is 1. The van der Waals surface area contributed by atoms with E-state index < -0.39 is 6.61 Å². The van der Waals surface area contributed by atoms with Crippen LogP contribution in [0.5, 0.6) is 5.75 Å². The molecule has 0 unspecified atom stereocenters. The lowest BCUT2D eigenvalue weighted by atomic mass is 10.1. The van der Waals surface area contributed by atoms with Crippen molar-refractivity contribution >= 4 is 0 Å². The molecule has 0 radical (unpaired) electrons. The average molecular weight is 202 g/mol. The van der Waals surface area contributed by atoms with Crippen LogP contribution in [0.4, 0.5) is 8.78 Å². The van der Waals surface area contributed by atoms with Crippen LogP contribution in [0.15, 0.2) is 24.3 Å². The molecule has 0 aromatic heterocycles. The summed E-state index contributed by atoms with van der Waals surface area (Å²) in [4.78, 5) is 0. The van der Waals surface area contributed by atoms with Crippen LogP contribution in [0, 0.1) is 0 Å². The van der Waals surface area contributed by atoms with E-state index >= 15 is 0 Å². The van der Waals surface area contributed by atoms with E-state index in [9.17, 15) is 8.78 Å². The van der Waals surface area contributed by atoms with Gasteiger partial charge in [-0.25, -0.2) is 0 Å². The minimum Gasteiger partial charge on any atom is -0.435 e. The van der Waals surface area contributed by atoms with Gasteiger partial charge in [-0.3, -0.25) is 0 Å². The van der Waals surface area contributed by atoms with Crippen LogP contribution in [-0.4, -0.2) is 13.2 Å². The van der Waals surface area contributed by atoms with E-state index in [0.717, 1.165) is 0 Å². The number of hydrogen-bond acceptors (Lipinski definition) is 3. The van der Waals surface area contributed by atoms with Gasteiger partial charge in [0.15, 0.2) is 0 Å². The lowest BCUT2D eigenvalue weighted by molar-refractivity contribution is -0.0498. The highest BCUT2D eigenvalue weighted by Crippen LogP contribution is 2.18. The summed E-state index contributed by atoms with van der Waals surface area (Å²) in [6.45, 7) is -2.56. The van der Waals surface area contributed by atoms with Crippen molar-refractivity contribution in [2.45, 2.75) is 12.7 Å². The van der Waals surface area contributed by atoms with Gasteiger partial charge in [-0.15, -0.1) is 0 Å². The largest absolute Gasteiger partial charge is 0.435 e. The molecular formula is C9H12F2N2O. The third kappa shape index (κ3) is 2.93. The van der Waals surface area contributed by atoms with Crippen LogP contribution in [0.3, 0.4) is 0 Å². The minimum absolute atomic E-state index is 0.0985. The molecule has 1 atom stereocenters. The monoisotopic (exact) mass is 202 g/mol. The van der Waals surface area contributed by atoms with Gasteiger partial charge in [0.2, 0.25) is 0 Å². The molecule has 78 valence electrons. The molecule has 14 heavy (non-hydrogen) atoms. The Morgan fingerprint density at radius 2 is 2.07 bits per heavy atom. The summed E-state index contributed by atoms with van der Waals surface area (Å²) < 4.78 is 27.9. The predicted molar refractivity (Wildman–Crippen MR) is 49.1 cm³/mol. The van der Waals surface area contributed by atoms with Crippen molar-refractivity contribution in [3.05, 3.63) is 29.8 Å². The lowest BCUT2D eigenvalue weighted by Gasteiger charge is -2.11. The second-order valence-electron chi connectivity index (χ2n) is 2.79. The van der Waals surface area contributed by atoms with Crippen molar-refractivity contribution in [3.8, 4) is 5.75 Å². The standard InChI is InChI=1S/C9H12F2N2O/c10-9(11)14-7-3-1-2-6(4-7)8(13)5-12/h1-4,8-9H,5,12-13H2/t8-/m0/s1. The number of benzene rings is 1. The third-order valence-electron chi connectivity index (χ3n) is 1.77. The summed E-state index contributed by atoms with van der Waals surface area (Å²) in [6.07, 6.45) is 0. The van der Waals surface area contributed by atoms with Crippen molar-refractivity contribution in [2.24, 2.45) is 11.5 Å². The fourth-order valence-corrected chi connectivity index (χ4v) is 1.06. The van der Waals surface area contributed by atoms with Crippen LogP contribution in [0.25, 0.3) is 0 Å². The van der Waals surface area contributed by atoms with Crippen LogP contribution in [-0.2, 0) is 0 Å². The van der Waals surface area contributed by atoms with Gasteiger partial charge in [0.25, 0.3) is 0 Å². The van der Waals surface area contributed by atoms with E-state index in [1.165, 1.54) is 12.1 Å². The van der Waals surface area contributed by atoms with Crippen molar-refractivity contribution in [1.29, 1.82) is 0 Å². The molecule has 4 N–H and O–H groups in total. The molecule has 0 spiro atoms. The first-order chi connectivity index (χ1) is 6.63. The number of hydrogen-bond donors (Lipinski definition) is 2. The van der Waals surface area contributed by atoms with Crippen molar-refractivity contribution in [1.82, 2.24) is 0 Å². The molecular weight excluding hydrogens is 190 g/mol. The summed E-state index contributed by atoms with van der Waals surface area (Å²) in [7, 11) is 0. The smallest absolute Gasteiger partial charge is 0.387 e. The molecule has 0 aliphatic heterocycles.